The van der Waals surface area contributed by atoms with Gasteiger partial charge in [-0.05, 0) is 18.2 Å². The molecule has 110 valence electrons. The molecule has 7 nitrogen and oxygen atoms in total. The number of carbonyl (C=O) groups excluding carboxylic acids is 1. The fourth-order valence-corrected chi connectivity index (χ4v) is 1.58. The number of nitrogens with two attached hydrogens (primary N) is 1. The van der Waals surface area contributed by atoms with Crippen LogP contribution in [0.25, 0.3) is 0 Å². The highest BCUT2D eigenvalue weighted by Crippen LogP contribution is 2.18. The minimum Gasteiger partial charge on any atom is -0.397 e. The van der Waals surface area contributed by atoms with Gasteiger partial charge in [-0.1, -0.05) is 0 Å². The minimum atomic E-state index is -1.20. The molecule has 1 aromatic heterocycles. The summed E-state index contributed by atoms with van der Waals surface area (Å²) in [7, 11) is 0. The van der Waals surface area contributed by atoms with E-state index >= 15 is 0 Å². The van der Waals surface area contributed by atoms with Crippen molar-refractivity contribution in [2.75, 3.05) is 11.1 Å². The van der Waals surface area contributed by atoms with Gasteiger partial charge in [0.1, 0.15) is 12.4 Å². The first-order chi connectivity index (χ1) is 9.86. The predicted octanol–water partition coefficient (Wildman–Crippen LogP) is 0.0357. The van der Waals surface area contributed by atoms with Crippen molar-refractivity contribution in [1.29, 1.82) is 0 Å². The van der Waals surface area contributed by atoms with E-state index in [0.29, 0.717) is 10.8 Å². The van der Waals surface area contributed by atoms with E-state index in [1.807, 2.05) is 0 Å². The van der Waals surface area contributed by atoms with Crippen LogP contribution in [0.2, 0.25) is 0 Å². The van der Waals surface area contributed by atoms with Gasteiger partial charge in [0.15, 0.2) is 0 Å². The van der Waals surface area contributed by atoms with Crippen LogP contribution in [0, 0.1) is 11.6 Å². The molecule has 0 unspecified atom stereocenters. The number of nitrogens with one attached hydrogen (secondary N) is 2. The van der Waals surface area contributed by atoms with Crippen molar-refractivity contribution >= 4 is 17.3 Å². The summed E-state index contributed by atoms with van der Waals surface area (Å²) in [5, 5.41) is 2.28. The number of benzene rings is 1. The lowest BCUT2D eigenvalue weighted by molar-refractivity contribution is -0.116. The smallest absolute Gasteiger partial charge is 0.328 e. The molecule has 21 heavy (non-hydrogen) atoms. The first-order valence-electron chi connectivity index (χ1n) is 5.71. The number of aromatic nitrogens is 2. The molecule has 0 aliphatic heterocycles. The van der Waals surface area contributed by atoms with E-state index in [1.165, 1.54) is 6.07 Å². The predicted molar refractivity (Wildman–Crippen MR) is 70.7 cm³/mol. The second-order valence-corrected chi connectivity index (χ2v) is 4.14. The molecule has 4 N–H and O–H groups in total. The molecule has 0 saturated heterocycles. The zero-order valence-corrected chi connectivity index (χ0v) is 10.5. The van der Waals surface area contributed by atoms with Gasteiger partial charge in [-0.3, -0.25) is 19.1 Å². The molecule has 1 heterocycles. The van der Waals surface area contributed by atoms with Gasteiger partial charge in [0, 0.05) is 0 Å². The van der Waals surface area contributed by atoms with Gasteiger partial charge in [0.05, 0.1) is 17.6 Å². The molecule has 0 spiro atoms. The summed E-state index contributed by atoms with van der Waals surface area (Å²) in [5.41, 5.74) is 3.59. The Bertz CT molecular complexity index is 813. The molecule has 1 aromatic carbocycles. The Labute approximate surface area is 116 Å². The largest absolute Gasteiger partial charge is 0.397 e. The normalized spacial score (nSPS) is 10.4. The molecular weight excluding hydrogens is 286 g/mol. The molecule has 9 heteroatoms. The topological polar surface area (TPSA) is 110 Å². The van der Waals surface area contributed by atoms with E-state index in [0.717, 1.165) is 12.1 Å². The van der Waals surface area contributed by atoms with E-state index < -0.39 is 35.3 Å². The molecule has 2 aromatic rings. The number of hydrogen-bond donors (Lipinski definition) is 3. The Morgan fingerprint density at radius 2 is 2.05 bits per heavy atom. The van der Waals surface area contributed by atoms with E-state index in [1.54, 1.807) is 4.98 Å². The van der Waals surface area contributed by atoms with E-state index in [2.05, 4.69) is 5.32 Å². The minimum absolute atomic E-state index is 0.0259. The van der Waals surface area contributed by atoms with Crippen LogP contribution in [-0.2, 0) is 11.3 Å². The number of rotatable bonds is 3. The maximum Gasteiger partial charge on any atom is 0.328 e. The molecule has 0 saturated carbocycles. The first-order valence-corrected chi connectivity index (χ1v) is 5.71. The van der Waals surface area contributed by atoms with Gasteiger partial charge in [-0.15, -0.1) is 0 Å². The fraction of sp³-hybridized carbons (Fsp3) is 0.0833. The highest BCUT2D eigenvalue weighted by Gasteiger charge is 2.10. The Kier molecular flexibility index (Phi) is 3.83. The summed E-state index contributed by atoms with van der Waals surface area (Å²) in [6.07, 6.45) is 0.607. The summed E-state index contributed by atoms with van der Waals surface area (Å²) in [6, 6.07) is 3.38. The third-order valence-corrected chi connectivity index (χ3v) is 2.57. The van der Waals surface area contributed by atoms with Crippen LogP contribution in [0.5, 0.6) is 0 Å². The number of nitrogen functional groups attached to an aromatic ring is 1. The van der Waals surface area contributed by atoms with E-state index in [9.17, 15) is 23.2 Å². The third kappa shape index (κ3) is 3.32. The lowest BCUT2D eigenvalue weighted by Gasteiger charge is -2.09. The van der Waals surface area contributed by atoms with Crippen molar-refractivity contribution in [3.05, 3.63) is 56.9 Å². The fourth-order valence-electron chi connectivity index (χ4n) is 1.58. The Hall–Kier alpha value is -2.97. The van der Waals surface area contributed by atoms with Crippen LogP contribution >= 0.6 is 0 Å². The number of anilines is 2. The average molecular weight is 296 g/mol. The highest BCUT2D eigenvalue weighted by atomic mass is 19.1. The quantitative estimate of drug-likeness (QED) is 0.694. The van der Waals surface area contributed by atoms with Crippen LogP contribution < -0.4 is 22.3 Å². The lowest BCUT2D eigenvalue weighted by atomic mass is 10.2. The van der Waals surface area contributed by atoms with Crippen molar-refractivity contribution in [3.8, 4) is 0 Å². The van der Waals surface area contributed by atoms with Crippen molar-refractivity contribution in [2.45, 2.75) is 6.54 Å². The van der Waals surface area contributed by atoms with Crippen molar-refractivity contribution in [2.24, 2.45) is 0 Å². The maximum absolute atomic E-state index is 13.0. The summed E-state index contributed by atoms with van der Waals surface area (Å²) in [6.45, 7) is -0.567. The molecule has 0 fully saturated rings. The van der Waals surface area contributed by atoms with Gasteiger partial charge in [0.2, 0.25) is 11.7 Å². The summed E-state index contributed by atoms with van der Waals surface area (Å²) >= 11 is 0. The lowest BCUT2D eigenvalue weighted by Crippen LogP contribution is -2.34. The number of amides is 1. The van der Waals surface area contributed by atoms with E-state index in [-0.39, 0.29) is 11.4 Å². The molecule has 0 radical (unpaired) electrons. The summed E-state index contributed by atoms with van der Waals surface area (Å²) in [5.74, 6) is -2.54. The molecule has 1 amide bonds. The SMILES string of the molecule is Nc1ccc(F)cc1NC(=O)Cn1cc(F)c(=O)[nH]c1=O. The Morgan fingerprint density at radius 3 is 2.76 bits per heavy atom. The number of aromatic amines is 1. The first kappa shape index (κ1) is 14.4. The number of carbonyl (C=O) groups is 1. The number of hydrogen-bond acceptors (Lipinski definition) is 4. The van der Waals surface area contributed by atoms with Gasteiger partial charge in [0.25, 0.3) is 5.56 Å². The highest BCUT2D eigenvalue weighted by molar-refractivity contribution is 5.93. The zero-order chi connectivity index (χ0) is 15.6. The van der Waals surface area contributed by atoms with Crippen LogP contribution in [0.15, 0.2) is 34.0 Å². The second kappa shape index (κ2) is 5.57. The van der Waals surface area contributed by atoms with Gasteiger partial charge in [-0.2, -0.15) is 4.39 Å². The van der Waals surface area contributed by atoms with Crippen LogP contribution in [0.3, 0.4) is 0 Å². The molecule has 0 atom stereocenters. The Balaban J connectivity index is 2.19. The van der Waals surface area contributed by atoms with Crippen LogP contribution in [-0.4, -0.2) is 15.5 Å². The molecular formula is C12H10F2N4O3. The summed E-state index contributed by atoms with van der Waals surface area (Å²) < 4.78 is 26.8. The van der Waals surface area contributed by atoms with E-state index in [4.69, 9.17) is 5.73 Å². The van der Waals surface area contributed by atoms with Crippen molar-refractivity contribution in [3.63, 3.8) is 0 Å². The van der Waals surface area contributed by atoms with Crippen molar-refractivity contribution in [1.82, 2.24) is 9.55 Å². The van der Waals surface area contributed by atoms with Crippen LogP contribution in [0.4, 0.5) is 20.2 Å². The van der Waals surface area contributed by atoms with Crippen LogP contribution in [0.1, 0.15) is 0 Å². The summed E-state index contributed by atoms with van der Waals surface area (Å²) in [4.78, 5) is 35.7. The molecule has 0 bridgehead atoms. The monoisotopic (exact) mass is 296 g/mol. The molecule has 0 aliphatic rings. The van der Waals surface area contributed by atoms with Gasteiger partial charge in [-0.25, -0.2) is 9.18 Å². The second-order valence-electron chi connectivity index (χ2n) is 4.14. The van der Waals surface area contributed by atoms with Crippen molar-refractivity contribution < 1.29 is 13.6 Å². The number of halogens is 2. The van der Waals surface area contributed by atoms with Gasteiger partial charge >= 0.3 is 5.69 Å². The molecule has 0 aliphatic carbocycles. The standard InChI is InChI=1S/C12H10F2N4O3/c13-6-1-2-8(15)9(3-6)16-10(19)5-18-4-7(14)11(20)17-12(18)21/h1-4H,5,15H2,(H,16,19)(H,17,20,21). The maximum atomic E-state index is 13.0. The zero-order valence-electron chi connectivity index (χ0n) is 10.5. The average Bonchev–Trinajstić information content (AvgIpc) is 2.40. The third-order valence-electron chi connectivity index (χ3n) is 2.57. The number of H-pyrrole nitrogens is 1. The Morgan fingerprint density at radius 1 is 1.33 bits per heavy atom. The number of nitrogens with zero attached hydrogens (tertiary/aromatic N) is 1. The molecule has 2 rings (SSSR count). The van der Waals surface area contributed by atoms with Gasteiger partial charge < -0.3 is 11.1 Å².